The highest BCUT2D eigenvalue weighted by atomic mass is 79.9. The Kier molecular flexibility index (Phi) is 3.85. The molecule has 0 unspecified atom stereocenters. The van der Waals surface area contributed by atoms with E-state index in [1.165, 1.54) is 0 Å². The smallest absolute Gasteiger partial charge is 0.207 e. The maximum atomic E-state index is 12.7. The molecule has 100 valence electrons. The SMILES string of the molecule is Cc1cc(Br)c(C)c(S(=O)(=O)N2CCCC2)c1C. The summed E-state index contributed by atoms with van der Waals surface area (Å²) >= 11 is 3.45. The first-order chi connectivity index (χ1) is 8.35. The fraction of sp³-hybridized carbons (Fsp3) is 0.538. The molecule has 0 saturated carbocycles. The minimum Gasteiger partial charge on any atom is -0.207 e. The molecule has 3 nitrogen and oxygen atoms in total. The molecule has 0 radical (unpaired) electrons. The van der Waals surface area contributed by atoms with Gasteiger partial charge in [-0.15, -0.1) is 0 Å². The van der Waals surface area contributed by atoms with Crippen LogP contribution in [0.1, 0.15) is 29.5 Å². The molecule has 0 spiro atoms. The Morgan fingerprint density at radius 2 is 1.67 bits per heavy atom. The molecule has 1 saturated heterocycles. The average molecular weight is 332 g/mol. The Hall–Kier alpha value is -0.390. The van der Waals surface area contributed by atoms with Crippen LogP contribution in [-0.4, -0.2) is 25.8 Å². The summed E-state index contributed by atoms with van der Waals surface area (Å²) in [6, 6.07) is 1.98. The van der Waals surface area contributed by atoms with Crippen molar-refractivity contribution in [3.05, 3.63) is 27.2 Å². The minimum absolute atomic E-state index is 0.483. The van der Waals surface area contributed by atoms with Crippen LogP contribution in [0.25, 0.3) is 0 Å². The first-order valence-electron chi connectivity index (χ1n) is 6.12. The van der Waals surface area contributed by atoms with Crippen LogP contribution < -0.4 is 0 Å². The van der Waals surface area contributed by atoms with Gasteiger partial charge in [-0.3, -0.25) is 0 Å². The summed E-state index contributed by atoms with van der Waals surface area (Å²) < 4.78 is 27.8. The van der Waals surface area contributed by atoms with Gasteiger partial charge in [-0.1, -0.05) is 15.9 Å². The molecule has 1 aliphatic heterocycles. The highest BCUT2D eigenvalue weighted by Crippen LogP contribution is 2.32. The van der Waals surface area contributed by atoms with E-state index >= 15 is 0 Å². The number of rotatable bonds is 2. The summed E-state index contributed by atoms with van der Waals surface area (Å²) in [5, 5.41) is 0. The maximum absolute atomic E-state index is 12.7. The largest absolute Gasteiger partial charge is 0.243 e. The monoisotopic (exact) mass is 331 g/mol. The molecule has 5 heteroatoms. The molecular weight excluding hydrogens is 314 g/mol. The Balaban J connectivity index is 2.63. The van der Waals surface area contributed by atoms with E-state index < -0.39 is 10.0 Å². The van der Waals surface area contributed by atoms with Crippen molar-refractivity contribution < 1.29 is 8.42 Å². The van der Waals surface area contributed by atoms with Gasteiger partial charge in [0.2, 0.25) is 10.0 Å². The van der Waals surface area contributed by atoms with Crippen molar-refractivity contribution in [2.45, 2.75) is 38.5 Å². The van der Waals surface area contributed by atoms with Gasteiger partial charge in [-0.25, -0.2) is 8.42 Å². The van der Waals surface area contributed by atoms with Crippen molar-refractivity contribution in [1.29, 1.82) is 0 Å². The number of halogens is 1. The molecule has 1 aliphatic rings. The molecule has 0 aliphatic carbocycles. The van der Waals surface area contributed by atoms with Gasteiger partial charge in [0.05, 0.1) is 4.90 Å². The van der Waals surface area contributed by atoms with Crippen molar-refractivity contribution in [3.8, 4) is 0 Å². The van der Waals surface area contributed by atoms with Gasteiger partial charge < -0.3 is 0 Å². The number of hydrogen-bond acceptors (Lipinski definition) is 2. The van der Waals surface area contributed by atoms with E-state index in [9.17, 15) is 8.42 Å². The standard InChI is InChI=1S/C13H18BrNO2S/c1-9-8-12(14)11(3)13(10(9)2)18(16,17)15-6-4-5-7-15/h8H,4-7H2,1-3H3. The average Bonchev–Trinajstić information content (AvgIpc) is 2.80. The second kappa shape index (κ2) is 4.94. The highest BCUT2D eigenvalue weighted by Gasteiger charge is 2.30. The normalized spacial score (nSPS) is 17.3. The minimum atomic E-state index is -3.34. The van der Waals surface area contributed by atoms with Crippen LogP contribution in [0.3, 0.4) is 0 Å². The summed E-state index contributed by atoms with van der Waals surface area (Å²) in [6.45, 7) is 6.99. The third-order valence-electron chi connectivity index (χ3n) is 3.64. The Bertz CT molecular complexity index is 549. The van der Waals surface area contributed by atoms with Gasteiger partial charge in [-0.2, -0.15) is 4.31 Å². The van der Waals surface area contributed by atoms with Crippen molar-refractivity contribution in [2.75, 3.05) is 13.1 Å². The molecule has 18 heavy (non-hydrogen) atoms. The van der Waals surface area contributed by atoms with E-state index in [0.29, 0.717) is 18.0 Å². The van der Waals surface area contributed by atoms with E-state index in [1.807, 2.05) is 26.8 Å². The van der Waals surface area contributed by atoms with E-state index in [-0.39, 0.29) is 0 Å². The van der Waals surface area contributed by atoms with Crippen molar-refractivity contribution in [1.82, 2.24) is 4.31 Å². The molecule has 1 fully saturated rings. The number of hydrogen-bond donors (Lipinski definition) is 0. The third-order valence-corrected chi connectivity index (χ3v) is 6.63. The van der Waals surface area contributed by atoms with Crippen LogP contribution in [-0.2, 0) is 10.0 Å². The second-order valence-corrected chi connectivity index (χ2v) is 7.59. The molecule has 0 aromatic heterocycles. The van der Waals surface area contributed by atoms with Gasteiger partial charge in [0, 0.05) is 17.6 Å². The topological polar surface area (TPSA) is 37.4 Å². The zero-order valence-electron chi connectivity index (χ0n) is 11.0. The fourth-order valence-corrected chi connectivity index (χ4v) is 5.13. The lowest BCUT2D eigenvalue weighted by atomic mass is 10.1. The van der Waals surface area contributed by atoms with Crippen LogP contribution in [0.2, 0.25) is 0 Å². The van der Waals surface area contributed by atoms with Crippen molar-refractivity contribution in [2.24, 2.45) is 0 Å². The molecule has 0 bridgehead atoms. The number of benzene rings is 1. The first-order valence-corrected chi connectivity index (χ1v) is 8.35. The molecule has 1 heterocycles. The van der Waals surface area contributed by atoms with Crippen LogP contribution in [0.5, 0.6) is 0 Å². The Morgan fingerprint density at radius 3 is 2.22 bits per heavy atom. The first kappa shape index (κ1) is 14.0. The molecule has 1 aromatic rings. The third kappa shape index (κ3) is 2.24. The van der Waals surface area contributed by atoms with Gasteiger partial charge in [0.25, 0.3) is 0 Å². The van der Waals surface area contributed by atoms with Crippen molar-refractivity contribution >= 4 is 26.0 Å². The number of sulfonamides is 1. The summed E-state index contributed by atoms with van der Waals surface area (Å²) in [5.74, 6) is 0. The molecule has 2 rings (SSSR count). The van der Waals surface area contributed by atoms with Crippen LogP contribution >= 0.6 is 15.9 Å². The number of nitrogens with zero attached hydrogens (tertiary/aromatic N) is 1. The maximum Gasteiger partial charge on any atom is 0.243 e. The van der Waals surface area contributed by atoms with Crippen LogP contribution in [0.15, 0.2) is 15.4 Å². The fourth-order valence-electron chi connectivity index (χ4n) is 2.42. The van der Waals surface area contributed by atoms with E-state index in [2.05, 4.69) is 15.9 Å². The quantitative estimate of drug-likeness (QED) is 0.834. The van der Waals surface area contributed by atoms with Crippen LogP contribution in [0.4, 0.5) is 0 Å². The summed E-state index contributed by atoms with van der Waals surface area (Å²) in [4.78, 5) is 0.483. The molecule has 0 atom stereocenters. The van der Waals surface area contributed by atoms with Gasteiger partial charge in [-0.05, 0) is 56.4 Å². The lowest BCUT2D eigenvalue weighted by Gasteiger charge is -2.20. The summed E-state index contributed by atoms with van der Waals surface area (Å²) in [5.41, 5.74) is 2.68. The summed E-state index contributed by atoms with van der Waals surface area (Å²) in [6.07, 6.45) is 1.93. The predicted octanol–water partition coefficient (Wildman–Crippen LogP) is 3.16. The zero-order chi connectivity index (χ0) is 13.5. The zero-order valence-corrected chi connectivity index (χ0v) is 13.4. The van der Waals surface area contributed by atoms with Gasteiger partial charge in [0.1, 0.15) is 0 Å². The number of aryl methyl sites for hydroxylation is 1. The van der Waals surface area contributed by atoms with Crippen molar-refractivity contribution in [3.63, 3.8) is 0 Å². The van der Waals surface area contributed by atoms with Gasteiger partial charge in [0.15, 0.2) is 0 Å². The van der Waals surface area contributed by atoms with E-state index in [4.69, 9.17) is 0 Å². The molecule has 0 amide bonds. The lowest BCUT2D eigenvalue weighted by molar-refractivity contribution is 0.476. The highest BCUT2D eigenvalue weighted by molar-refractivity contribution is 9.10. The molecular formula is C13H18BrNO2S. The lowest BCUT2D eigenvalue weighted by Crippen LogP contribution is -2.29. The van der Waals surface area contributed by atoms with Crippen LogP contribution in [0, 0.1) is 20.8 Å². The Labute approximate surface area is 117 Å². The van der Waals surface area contributed by atoms with E-state index in [0.717, 1.165) is 34.0 Å². The molecule has 0 N–H and O–H groups in total. The summed E-state index contributed by atoms with van der Waals surface area (Å²) in [7, 11) is -3.34. The van der Waals surface area contributed by atoms with Gasteiger partial charge >= 0.3 is 0 Å². The van der Waals surface area contributed by atoms with E-state index in [1.54, 1.807) is 4.31 Å². The predicted molar refractivity (Wildman–Crippen MR) is 76.3 cm³/mol. The second-order valence-electron chi connectivity index (χ2n) is 4.87. The molecule has 1 aromatic carbocycles. The Morgan fingerprint density at radius 1 is 1.11 bits per heavy atom.